The fraction of sp³-hybridized carbons (Fsp3) is 0.152. The molecule has 1 heteroatoms. The summed E-state index contributed by atoms with van der Waals surface area (Å²) < 4.78 is 6.44. The van der Waals surface area contributed by atoms with E-state index in [1.807, 2.05) is 6.07 Å². The van der Waals surface area contributed by atoms with Crippen LogP contribution in [0.4, 0.5) is 0 Å². The van der Waals surface area contributed by atoms with Gasteiger partial charge in [0.2, 0.25) is 0 Å². The highest BCUT2D eigenvalue weighted by molar-refractivity contribution is 6.25. The first-order valence-corrected chi connectivity index (χ1v) is 12.2. The topological polar surface area (TPSA) is 13.1 Å². The van der Waals surface area contributed by atoms with Gasteiger partial charge in [-0.05, 0) is 63.4 Å². The Labute approximate surface area is 200 Å². The van der Waals surface area contributed by atoms with Gasteiger partial charge in [-0.1, -0.05) is 104 Å². The van der Waals surface area contributed by atoms with Crippen LogP contribution in [0, 0.1) is 6.92 Å². The van der Waals surface area contributed by atoms with Crippen LogP contribution in [0.2, 0.25) is 0 Å². The summed E-state index contributed by atoms with van der Waals surface area (Å²) >= 11 is 0. The van der Waals surface area contributed by atoms with Crippen molar-refractivity contribution in [3.8, 4) is 0 Å². The fourth-order valence-electron chi connectivity index (χ4n) is 5.32. The third kappa shape index (κ3) is 3.23. The molecule has 0 saturated carbocycles. The molecule has 34 heavy (non-hydrogen) atoms. The molecule has 6 rings (SSSR count). The van der Waals surface area contributed by atoms with Crippen molar-refractivity contribution < 1.29 is 4.42 Å². The quantitative estimate of drug-likeness (QED) is 0.249. The van der Waals surface area contributed by atoms with Crippen molar-refractivity contribution in [1.82, 2.24) is 0 Å². The molecule has 6 aromatic rings. The molecular formula is C33H28O. The van der Waals surface area contributed by atoms with E-state index >= 15 is 0 Å². The maximum absolute atomic E-state index is 6.44. The maximum atomic E-state index is 6.44. The largest absolute Gasteiger partial charge is 0.460 e. The molecule has 0 bridgehead atoms. The first kappa shape index (κ1) is 20.7. The first-order chi connectivity index (χ1) is 16.7. The summed E-state index contributed by atoms with van der Waals surface area (Å²) in [5.74, 6) is 1.17. The molecule has 166 valence electrons. The summed E-state index contributed by atoms with van der Waals surface area (Å²) in [5.41, 5.74) is 4.71. The van der Waals surface area contributed by atoms with Crippen LogP contribution in [0.1, 0.15) is 48.6 Å². The molecule has 0 N–H and O–H groups in total. The average molecular weight is 441 g/mol. The Kier molecular flexibility index (Phi) is 4.99. The van der Waals surface area contributed by atoms with Crippen molar-refractivity contribution >= 4 is 49.4 Å². The lowest BCUT2D eigenvalue weighted by atomic mass is 9.89. The molecule has 0 fully saturated rings. The highest BCUT2D eigenvalue weighted by atomic mass is 16.3. The van der Waals surface area contributed by atoms with Crippen LogP contribution in [-0.2, 0) is 0 Å². The van der Waals surface area contributed by atoms with E-state index in [-0.39, 0.29) is 5.92 Å². The molecule has 0 saturated heterocycles. The molecule has 5 aromatic carbocycles. The minimum absolute atomic E-state index is 0.140. The molecule has 0 aliphatic rings. The number of hydrogen-bond donors (Lipinski definition) is 0. The number of aryl methyl sites for hydroxylation is 1. The summed E-state index contributed by atoms with van der Waals surface area (Å²) in [6.45, 7) is 6.60. The van der Waals surface area contributed by atoms with Crippen molar-refractivity contribution in [2.24, 2.45) is 0 Å². The number of para-hydroxylation sites is 1. The molecule has 0 radical (unpaired) electrons. The SMILES string of the molecule is CC/C=C\c1c(C(C)c2ccc3c4ccc(C)cc4c4ccccc4c3c2)oc2ccccc12. The van der Waals surface area contributed by atoms with Crippen molar-refractivity contribution in [3.63, 3.8) is 0 Å². The molecule has 1 unspecified atom stereocenters. The van der Waals surface area contributed by atoms with Crippen LogP contribution < -0.4 is 0 Å². The van der Waals surface area contributed by atoms with E-state index in [0.29, 0.717) is 0 Å². The third-order valence-corrected chi connectivity index (χ3v) is 7.09. The lowest BCUT2D eigenvalue weighted by Crippen LogP contribution is -1.97. The summed E-state index contributed by atoms with van der Waals surface area (Å²) in [5, 5.41) is 9.05. The van der Waals surface area contributed by atoms with Crippen LogP contribution in [0.3, 0.4) is 0 Å². The van der Waals surface area contributed by atoms with Gasteiger partial charge in [0.05, 0.1) is 0 Å². The summed E-state index contributed by atoms with van der Waals surface area (Å²) in [7, 11) is 0. The molecule has 0 amide bonds. The molecule has 1 atom stereocenters. The second kappa shape index (κ2) is 8.18. The monoisotopic (exact) mass is 440 g/mol. The number of furan rings is 1. The number of benzene rings is 5. The fourth-order valence-corrected chi connectivity index (χ4v) is 5.32. The third-order valence-electron chi connectivity index (χ3n) is 7.09. The molecule has 1 heterocycles. The van der Waals surface area contributed by atoms with Gasteiger partial charge >= 0.3 is 0 Å². The zero-order valence-electron chi connectivity index (χ0n) is 19.9. The molecule has 1 nitrogen and oxygen atoms in total. The van der Waals surface area contributed by atoms with Crippen molar-refractivity contribution in [1.29, 1.82) is 0 Å². The number of rotatable bonds is 4. The predicted octanol–water partition coefficient (Wildman–Crippen LogP) is 9.78. The van der Waals surface area contributed by atoms with E-state index < -0.39 is 0 Å². The first-order valence-electron chi connectivity index (χ1n) is 12.2. The Morgan fingerprint density at radius 2 is 1.32 bits per heavy atom. The zero-order chi connectivity index (χ0) is 23.2. The van der Waals surface area contributed by atoms with Gasteiger partial charge in [0, 0.05) is 16.9 Å². The Morgan fingerprint density at radius 3 is 2.06 bits per heavy atom. The lowest BCUT2D eigenvalue weighted by Gasteiger charge is -2.15. The van der Waals surface area contributed by atoms with Crippen molar-refractivity contribution in [2.45, 2.75) is 33.1 Å². The maximum Gasteiger partial charge on any atom is 0.134 e. The standard InChI is InChI=1S/C33H28O/c1-4-5-10-29-28-13-8-9-14-32(28)34-33(29)22(3)23-16-18-27-26-17-15-21(2)19-30(26)24-11-6-7-12-25(24)31(27)20-23/h5-20,22H,4H2,1-3H3/b10-5-. The highest BCUT2D eigenvalue weighted by Gasteiger charge is 2.20. The Bertz CT molecular complexity index is 1690. The molecule has 0 spiro atoms. The minimum Gasteiger partial charge on any atom is -0.460 e. The number of fused-ring (bicyclic) bond motifs is 7. The molecule has 1 aromatic heterocycles. The van der Waals surface area contributed by atoms with Gasteiger partial charge in [0.15, 0.2) is 0 Å². The minimum atomic E-state index is 0.140. The van der Waals surface area contributed by atoms with Crippen LogP contribution in [0.25, 0.3) is 49.4 Å². The van der Waals surface area contributed by atoms with Gasteiger partial charge in [0.25, 0.3) is 0 Å². The van der Waals surface area contributed by atoms with Gasteiger partial charge in [0.1, 0.15) is 11.3 Å². The van der Waals surface area contributed by atoms with Crippen LogP contribution in [0.5, 0.6) is 0 Å². The van der Waals surface area contributed by atoms with Gasteiger partial charge in [-0.25, -0.2) is 0 Å². The number of allylic oxidation sites excluding steroid dienone is 1. The van der Waals surface area contributed by atoms with E-state index in [0.717, 1.165) is 17.8 Å². The summed E-state index contributed by atoms with van der Waals surface area (Å²) in [6, 6.07) is 30.9. The second-order valence-electron chi connectivity index (χ2n) is 9.31. The van der Waals surface area contributed by atoms with Crippen LogP contribution >= 0.6 is 0 Å². The molecule has 0 aliphatic carbocycles. The lowest BCUT2D eigenvalue weighted by molar-refractivity contribution is 0.531. The second-order valence-corrected chi connectivity index (χ2v) is 9.31. The van der Waals surface area contributed by atoms with Crippen LogP contribution in [-0.4, -0.2) is 0 Å². The molecular weight excluding hydrogens is 412 g/mol. The smallest absolute Gasteiger partial charge is 0.134 e. The predicted molar refractivity (Wildman–Crippen MR) is 147 cm³/mol. The van der Waals surface area contributed by atoms with Crippen LogP contribution in [0.15, 0.2) is 95.4 Å². The molecule has 0 aliphatic heterocycles. The summed E-state index contributed by atoms with van der Waals surface area (Å²) in [4.78, 5) is 0. The summed E-state index contributed by atoms with van der Waals surface area (Å²) in [6.07, 6.45) is 5.45. The van der Waals surface area contributed by atoms with Crippen molar-refractivity contribution in [2.75, 3.05) is 0 Å². The Hall–Kier alpha value is -3.84. The average Bonchev–Trinajstić information content (AvgIpc) is 3.25. The van der Waals surface area contributed by atoms with Gasteiger partial charge < -0.3 is 4.42 Å². The highest BCUT2D eigenvalue weighted by Crippen LogP contribution is 2.40. The van der Waals surface area contributed by atoms with Gasteiger partial charge in [-0.15, -0.1) is 0 Å². The Balaban J connectivity index is 1.60. The zero-order valence-corrected chi connectivity index (χ0v) is 19.9. The van der Waals surface area contributed by atoms with Gasteiger partial charge in [-0.3, -0.25) is 0 Å². The van der Waals surface area contributed by atoms with E-state index in [9.17, 15) is 0 Å². The number of hydrogen-bond acceptors (Lipinski definition) is 1. The normalized spacial score (nSPS) is 13.0. The Morgan fingerprint density at radius 1 is 0.706 bits per heavy atom. The van der Waals surface area contributed by atoms with E-state index in [1.54, 1.807) is 0 Å². The van der Waals surface area contributed by atoms with Gasteiger partial charge in [-0.2, -0.15) is 0 Å². The van der Waals surface area contributed by atoms with E-state index in [2.05, 4.69) is 112 Å². The van der Waals surface area contributed by atoms with E-state index in [4.69, 9.17) is 4.42 Å². The van der Waals surface area contributed by atoms with Crippen molar-refractivity contribution in [3.05, 3.63) is 113 Å². The van der Waals surface area contributed by atoms with E-state index in [1.165, 1.54) is 54.4 Å².